The van der Waals surface area contributed by atoms with Crippen molar-refractivity contribution in [3.63, 3.8) is 0 Å². The van der Waals surface area contributed by atoms with Crippen molar-refractivity contribution in [2.45, 2.75) is 60.7 Å². The molecule has 33 heavy (non-hydrogen) atoms. The molecule has 0 bridgehead atoms. The van der Waals surface area contributed by atoms with E-state index in [1.807, 2.05) is 27.7 Å². The van der Waals surface area contributed by atoms with Gasteiger partial charge in [0.05, 0.1) is 29.4 Å². The van der Waals surface area contributed by atoms with Crippen LogP contribution in [0, 0.1) is 11.6 Å². The summed E-state index contributed by atoms with van der Waals surface area (Å²) in [7, 11) is 0.561. The zero-order valence-electron chi connectivity index (χ0n) is 18.2. The second-order valence-corrected chi connectivity index (χ2v) is 8.92. The van der Waals surface area contributed by atoms with E-state index < -0.39 is 35.9 Å². The van der Waals surface area contributed by atoms with Crippen molar-refractivity contribution in [2.75, 3.05) is 7.11 Å². The van der Waals surface area contributed by atoms with Gasteiger partial charge in [-0.15, -0.1) is 0 Å². The number of ketones is 1. The highest BCUT2D eigenvalue weighted by Gasteiger charge is 2.51. The van der Waals surface area contributed by atoms with Crippen LogP contribution in [0.3, 0.4) is 0 Å². The van der Waals surface area contributed by atoms with Crippen molar-refractivity contribution in [2.24, 2.45) is 0 Å². The summed E-state index contributed by atoms with van der Waals surface area (Å²) >= 11 is 3.09. The van der Waals surface area contributed by atoms with Crippen molar-refractivity contribution >= 4 is 40.3 Å². The molecule has 0 radical (unpaired) electrons. The first kappa shape index (κ1) is 30.9. The van der Waals surface area contributed by atoms with Gasteiger partial charge in [0.25, 0.3) is 0 Å². The molecule has 0 amide bonds. The second-order valence-electron chi connectivity index (χ2n) is 8.00. The fraction of sp³-hybridized carbons (Fsp3) is 0.417. The van der Waals surface area contributed by atoms with Gasteiger partial charge >= 0.3 is 13.1 Å². The molecule has 1 heterocycles. The Morgan fingerprint density at radius 3 is 1.82 bits per heavy atom. The Kier molecular flexibility index (Phi) is 11.1. The van der Waals surface area contributed by atoms with Gasteiger partial charge in [0.1, 0.15) is 11.6 Å². The van der Waals surface area contributed by atoms with Crippen LogP contribution < -0.4 is 5.46 Å². The van der Waals surface area contributed by atoms with Crippen molar-refractivity contribution in [1.82, 2.24) is 0 Å². The summed E-state index contributed by atoms with van der Waals surface area (Å²) in [6.45, 7) is 9.03. The molecule has 0 aromatic heterocycles. The molecule has 0 unspecified atom stereocenters. The molecule has 1 aliphatic rings. The third-order valence-electron chi connectivity index (χ3n) is 5.23. The Hall–Kier alpha value is -2.10. The van der Waals surface area contributed by atoms with Crippen LogP contribution in [0.15, 0.2) is 40.9 Å². The van der Waals surface area contributed by atoms with Gasteiger partial charge < -0.3 is 14.0 Å². The Balaban J connectivity index is 0.000000677. The van der Waals surface area contributed by atoms with Crippen LogP contribution in [-0.4, -0.2) is 37.2 Å². The maximum atomic E-state index is 13.9. The standard InChI is InChI=1S/C14H18BFO4.C8H6BrFO.2CH4/c1-13(2)14(3,4)20-15(19-13)9-6-7-10(11(16)8-9)12(17)18-5;1-5(11)7-3-2-6(9)4-8(7)10;;/h6-8H,1-5H3;2-4H,1H3;2*1H4. The number of methoxy groups -OCH3 is 1. The molecule has 9 heteroatoms. The summed E-state index contributed by atoms with van der Waals surface area (Å²) in [6.07, 6.45) is 0. The minimum Gasteiger partial charge on any atom is -0.465 e. The topological polar surface area (TPSA) is 61.8 Å². The van der Waals surface area contributed by atoms with E-state index in [4.69, 9.17) is 9.31 Å². The van der Waals surface area contributed by atoms with Crippen molar-refractivity contribution in [3.8, 4) is 0 Å². The molecule has 182 valence electrons. The molecule has 5 nitrogen and oxygen atoms in total. The fourth-order valence-electron chi connectivity index (χ4n) is 2.71. The number of carbonyl (C=O) groups is 2. The molecule has 2 aromatic carbocycles. The minimum atomic E-state index is -0.706. The normalized spacial score (nSPS) is 15.4. The summed E-state index contributed by atoms with van der Waals surface area (Å²) in [5.41, 5.74) is -0.417. The molecule has 3 rings (SSSR count). The highest BCUT2D eigenvalue weighted by molar-refractivity contribution is 9.10. The number of halogens is 3. The summed E-state index contributed by atoms with van der Waals surface area (Å²) in [4.78, 5) is 22.1. The van der Waals surface area contributed by atoms with Crippen LogP contribution in [0.1, 0.15) is 70.2 Å². The van der Waals surface area contributed by atoms with Crippen molar-refractivity contribution in [3.05, 3.63) is 63.6 Å². The van der Waals surface area contributed by atoms with Gasteiger partial charge in [-0.05, 0) is 70.4 Å². The number of rotatable bonds is 3. The molecular weight excluding hydrogens is 497 g/mol. The maximum absolute atomic E-state index is 13.9. The van der Waals surface area contributed by atoms with Crippen LogP contribution in [0.4, 0.5) is 8.78 Å². The molecule has 1 saturated heterocycles. The van der Waals surface area contributed by atoms with E-state index in [2.05, 4.69) is 20.7 Å². The summed E-state index contributed by atoms with van der Waals surface area (Å²) in [6, 6.07) is 8.60. The zero-order chi connectivity index (χ0) is 23.6. The average Bonchev–Trinajstić information content (AvgIpc) is 2.88. The molecule has 1 fully saturated rings. The van der Waals surface area contributed by atoms with Gasteiger partial charge in [-0.2, -0.15) is 0 Å². The largest absolute Gasteiger partial charge is 0.494 e. The van der Waals surface area contributed by atoms with Gasteiger partial charge in [-0.25, -0.2) is 13.6 Å². The first-order valence-electron chi connectivity index (χ1n) is 9.48. The van der Waals surface area contributed by atoms with Crippen molar-refractivity contribution in [1.29, 1.82) is 0 Å². The second kappa shape index (κ2) is 11.9. The van der Waals surface area contributed by atoms with E-state index in [0.29, 0.717) is 9.94 Å². The van der Waals surface area contributed by atoms with E-state index >= 15 is 0 Å². The van der Waals surface area contributed by atoms with Gasteiger partial charge in [0.2, 0.25) is 0 Å². The number of hydrogen-bond acceptors (Lipinski definition) is 5. The fourth-order valence-corrected chi connectivity index (χ4v) is 3.04. The third-order valence-corrected chi connectivity index (χ3v) is 5.73. The minimum absolute atomic E-state index is 0. The van der Waals surface area contributed by atoms with E-state index in [1.54, 1.807) is 12.1 Å². The Bertz CT molecular complexity index is 979. The lowest BCUT2D eigenvalue weighted by atomic mass is 9.78. The highest BCUT2D eigenvalue weighted by Crippen LogP contribution is 2.36. The molecule has 0 atom stereocenters. The number of Topliss-reactive ketones (excluding diaryl/α,β-unsaturated/α-hetero) is 1. The van der Waals surface area contributed by atoms with E-state index in [1.165, 1.54) is 38.3 Å². The third kappa shape index (κ3) is 7.19. The molecule has 2 aromatic rings. The quantitative estimate of drug-likeness (QED) is 0.279. The van der Waals surface area contributed by atoms with Gasteiger partial charge in [0.15, 0.2) is 5.78 Å². The SMILES string of the molecule is C.C.CC(=O)c1ccc(Br)cc1F.COC(=O)c1ccc(B2OC(C)(C)C(C)(C)O2)cc1F. The Morgan fingerprint density at radius 2 is 1.39 bits per heavy atom. The zero-order valence-corrected chi connectivity index (χ0v) is 19.8. The smallest absolute Gasteiger partial charge is 0.465 e. The summed E-state index contributed by atoms with van der Waals surface area (Å²) in [5.74, 6) is -2.09. The van der Waals surface area contributed by atoms with Crippen LogP contribution in [0.25, 0.3) is 0 Å². The Morgan fingerprint density at radius 1 is 0.909 bits per heavy atom. The molecule has 0 spiro atoms. The molecule has 0 aliphatic carbocycles. The molecule has 0 N–H and O–H groups in total. The van der Waals surface area contributed by atoms with Gasteiger partial charge in [-0.1, -0.05) is 36.8 Å². The summed E-state index contributed by atoms with van der Waals surface area (Å²) in [5, 5.41) is 0. The molecular formula is C24H32BBrF2O5. The maximum Gasteiger partial charge on any atom is 0.494 e. The van der Waals surface area contributed by atoms with Gasteiger partial charge in [-0.3, -0.25) is 4.79 Å². The number of esters is 1. The number of ether oxygens (including phenoxy) is 1. The predicted molar refractivity (Wildman–Crippen MR) is 131 cm³/mol. The predicted octanol–water partition coefficient (Wildman–Crippen LogP) is 5.97. The van der Waals surface area contributed by atoms with E-state index in [-0.39, 0.29) is 31.8 Å². The lowest BCUT2D eigenvalue weighted by molar-refractivity contribution is 0.00578. The average molecular weight is 529 g/mol. The Labute approximate surface area is 204 Å². The monoisotopic (exact) mass is 528 g/mol. The molecule has 0 saturated carbocycles. The summed E-state index contributed by atoms with van der Waals surface area (Å²) < 4.78 is 43.6. The number of carbonyl (C=O) groups excluding carboxylic acids is 2. The van der Waals surface area contributed by atoms with Crippen LogP contribution in [-0.2, 0) is 14.0 Å². The highest BCUT2D eigenvalue weighted by atomic mass is 79.9. The molecule has 1 aliphatic heterocycles. The first-order valence-corrected chi connectivity index (χ1v) is 10.3. The first-order chi connectivity index (χ1) is 14.3. The van der Waals surface area contributed by atoms with Crippen LogP contribution in [0.5, 0.6) is 0 Å². The van der Waals surface area contributed by atoms with Crippen LogP contribution in [0.2, 0.25) is 0 Å². The van der Waals surface area contributed by atoms with Gasteiger partial charge in [0, 0.05) is 4.47 Å². The van der Waals surface area contributed by atoms with E-state index in [9.17, 15) is 18.4 Å². The van der Waals surface area contributed by atoms with Crippen LogP contribution >= 0.6 is 15.9 Å². The van der Waals surface area contributed by atoms with E-state index in [0.717, 1.165) is 0 Å². The number of benzene rings is 2. The van der Waals surface area contributed by atoms with Crippen molar-refractivity contribution < 1.29 is 32.4 Å². The number of hydrogen-bond donors (Lipinski definition) is 0. The lowest BCUT2D eigenvalue weighted by Gasteiger charge is -2.32. The lowest BCUT2D eigenvalue weighted by Crippen LogP contribution is -2.41.